The monoisotopic (exact) mass is 416 g/mol. The van der Waals surface area contributed by atoms with Gasteiger partial charge in [0, 0.05) is 0 Å². The molecule has 2 N–H and O–H groups in total. The Hall–Kier alpha value is -3.64. The quantitative estimate of drug-likeness (QED) is 0.420. The molecule has 30 heavy (non-hydrogen) atoms. The molecule has 0 aliphatic heterocycles. The average molecular weight is 417 g/mol. The topological polar surface area (TPSA) is 71.3 Å². The number of hydrogen-bond acceptors (Lipinski definition) is 4. The molecule has 1 unspecified atom stereocenters. The highest BCUT2D eigenvalue weighted by atomic mass is 32.1. The van der Waals surface area contributed by atoms with Gasteiger partial charge < -0.3 is 15.1 Å². The van der Waals surface area contributed by atoms with Gasteiger partial charge in [0.15, 0.2) is 5.76 Å². The minimum absolute atomic E-state index is 0.148. The highest BCUT2D eigenvalue weighted by Gasteiger charge is 2.16. The zero-order valence-electron chi connectivity index (χ0n) is 16.3. The summed E-state index contributed by atoms with van der Waals surface area (Å²) in [6.07, 6.45) is 1.44. The van der Waals surface area contributed by atoms with Gasteiger partial charge in [0.05, 0.1) is 22.2 Å². The fourth-order valence-corrected chi connectivity index (χ4v) is 3.86. The molecule has 0 saturated carbocycles. The van der Waals surface area contributed by atoms with Crippen LogP contribution in [0.15, 0.2) is 89.5 Å². The van der Waals surface area contributed by atoms with Crippen LogP contribution in [0.5, 0.6) is 0 Å². The molecule has 2 aromatic carbocycles. The molecule has 1 atom stereocenters. The molecule has 2 amide bonds. The predicted molar refractivity (Wildman–Crippen MR) is 119 cm³/mol. The molecule has 0 radical (unpaired) electrons. The lowest BCUT2D eigenvalue weighted by Gasteiger charge is -2.14. The fraction of sp³-hybridized carbons (Fsp3) is 0.0833. The Kier molecular flexibility index (Phi) is 5.77. The maximum atomic E-state index is 12.6. The molecule has 0 fully saturated rings. The summed E-state index contributed by atoms with van der Waals surface area (Å²) in [6.45, 7) is 1.95. The molecule has 6 heteroatoms. The van der Waals surface area contributed by atoms with Crippen LogP contribution in [-0.4, -0.2) is 11.8 Å². The third-order valence-corrected chi connectivity index (χ3v) is 5.68. The fourth-order valence-electron chi connectivity index (χ4n) is 3.05. The SMILES string of the molecule is CC(NC(=O)c1ccc(NC(=O)c2ccco2)s1)c1ccc(-c2ccccc2)cc1. The van der Waals surface area contributed by atoms with Crippen LogP contribution >= 0.6 is 11.3 Å². The normalized spacial score (nSPS) is 11.6. The van der Waals surface area contributed by atoms with Crippen LogP contribution in [0.4, 0.5) is 5.00 Å². The Morgan fingerprint density at radius 3 is 2.27 bits per heavy atom. The van der Waals surface area contributed by atoms with Gasteiger partial charge in [0.25, 0.3) is 11.8 Å². The van der Waals surface area contributed by atoms with Crippen molar-refractivity contribution in [2.75, 3.05) is 5.32 Å². The van der Waals surface area contributed by atoms with Crippen molar-refractivity contribution < 1.29 is 14.0 Å². The molecular weight excluding hydrogens is 396 g/mol. The highest BCUT2D eigenvalue weighted by Crippen LogP contribution is 2.25. The van der Waals surface area contributed by atoms with Gasteiger partial charge in [-0.25, -0.2) is 0 Å². The Bertz CT molecular complexity index is 1130. The number of amides is 2. The number of thiophene rings is 1. The molecule has 0 saturated heterocycles. The lowest BCUT2D eigenvalue weighted by Crippen LogP contribution is -2.25. The van der Waals surface area contributed by atoms with Crippen LogP contribution in [0.3, 0.4) is 0 Å². The highest BCUT2D eigenvalue weighted by molar-refractivity contribution is 7.18. The number of carbonyl (C=O) groups excluding carboxylic acids is 2. The van der Waals surface area contributed by atoms with Gasteiger partial charge in [-0.3, -0.25) is 9.59 Å². The van der Waals surface area contributed by atoms with Crippen molar-refractivity contribution in [1.82, 2.24) is 5.32 Å². The minimum atomic E-state index is -0.347. The Morgan fingerprint density at radius 1 is 0.833 bits per heavy atom. The molecule has 0 aliphatic carbocycles. The molecule has 2 aromatic heterocycles. The Balaban J connectivity index is 1.38. The van der Waals surface area contributed by atoms with Crippen molar-refractivity contribution in [3.8, 4) is 11.1 Å². The van der Waals surface area contributed by atoms with Crippen molar-refractivity contribution >= 4 is 28.2 Å². The van der Waals surface area contributed by atoms with Crippen molar-refractivity contribution in [3.05, 3.63) is 101 Å². The largest absolute Gasteiger partial charge is 0.459 e. The predicted octanol–water partition coefficient (Wildman–Crippen LogP) is 5.75. The van der Waals surface area contributed by atoms with E-state index in [1.165, 1.54) is 17.6 Å². The van der Waals surface area contributed by atoms with Crippen LogP contribution in [0, 0.1) is 0 Å². The zero-order chi connectivity index (χ0) is 20.9. The lowest BCUT2D eigenvalue weighted by molar-refractivity contribution is 0.0942. The second-order valence-electron chi connectivity index (χ2n) is 6.78. The summed E-state index contributed by atoms with van der Waals surface area (Å²) in [7, 11) is 0. The second-order valence-corrected chi connectivity index (χ2v) is 7.86. The summed E-state index contributed by atoms with van der Waals surface area (Å²) >= 11 is 1.22. The summed E-state index contributed by atoms with van der Waals surface area (Å²) in [5, 5.41) is 6.32. The average Bonchev–Trinajstić information content (AvgIpc) is 3.47. The van der Waals surface area contributed by atoms with Crippen molar-refractivity contribution in [3.63, 3.8) is 0 Å². The van der Waals surface area contributed by atoms with Crippen molar-refractivity contribution in [2.45, 2.75) is 13.0 Å². The first kappa shape index (κ1) is 19.7. The molecule has 4 aromatic rings. The van der Waals surface area contributed by atoms with Crippen LogP contribution in [-0.2, 0) is 0 Å². The van der Waals surface area contributed by atoms with Crippen LogP contribution in [0.1, 0.15) is 38.8 Å². The number of furan rings is 1. The molecule has 150 valence electrons. The standard InChI is InChI=1S/C24H20N2O3S/c1-16(17-9-11-19(12-10-17)18-6-3-2-4-7-18)25-24(28)21-13-14-22(30-21)26-23(27)20-8-5-15-29-20/h2-16H,1H3,(H,25,28)(H,26,27). The van der Waals surface area contributed by atoms with Gasteiger partial charge in [-0.15, -0.1) is 11.3 Å². The first-order valence-corrected chi connectivity index (χ1v) is 10.3. The van der Waals surface area contributed by atoms with Gasteiger partial charge in [-0.05, 0) is 47.9 Å². The van der Waals surface area contributed by atoms with E-state index in [0.29, 0.717) is 9.88 Å². The van der Waals surface area contributed by atoms with E-state index in [4.69, 9.17) is 4.42 Å². The van der Waals surface area contributed by atoms with E-state index >= 15 is 0 Å². The molecular formula is C24H20N2O3S. The maximum Gasteiger partial charge on any atom is 0.291 e. The van der Waals surface area contributed by atoms with Gasteiger partial charge in [-0.1, -0.05) is 54.6 Å². The number of benzene rings is 2. The number of rotatable bonds is 6. The van der Waals surface area contributed by atoms with E-state index < -0.39 is 0 Å². The van der Waals surface area contributed by atoms with Crippen LogP contribution in [0.2, 0.25) is 0 Å². The van der Waals surface area contributed by atoms with Gasteiger partial charge in [-0.2, -0.15) is 0 Å². The second kappa shape index (κ2) is 8.80. The first-order valence-electron chi connectivity index (χ1n) is 9.51. The molecule has 0 bridgehead atoms. The molecule has 0 aliphatic rings. The Labute approximate surface area is 178 Å². The first-order chi connectivity index (χ1) is 14.6. The number of nitrogens with one attached hydrogen (secondary N) is 2. The van der Waals surface area contributed by atoms with E-state index in [-0.39, 0.29) is 23.6 Å². The summed E-state index contributed by atoms with van der Waals surface area (Å²) < 4.78 is 5.07. The van der Waals surface area contributed by atoms with E-state index in [2.05, 4.69) is 34.9 Å². The molecule has 4 rings (SSSR count). The minimum Gasteiger partial charge on any atom is -0.459 e. The summed E-state index contributed by atoms with van der Waals surface area (Å²) in [5.74, 6) is -0.305. The van der Waals surface area contributed by atoms with E-state index in [1.807, 2.05) is 37.3 Å². The maximum absolute atomic E-state index is 12.6. The smallest absolute Gasteiger partial charge is 0.291 e. The van der Waals surface area contributed by atoms with E-state index in [9.17, 15) is 9.59 Å². The Morgan fingerprint density at radius 2 is 1.57 bits per heavy atom. The lowest BCUT2D eigenvalue weighted by atomic mass is 10.0. The van der Waals surface area contributed by atoms with Crippen molar-refractivity contribution in [2.24, 2.45) is 0 Å². The van der Waals surface area contributed by atoms with E-state index in [1.54, 1.807) is 24.3 Å². The van der Waals surface area contributed by atoms with Crippen LogP contribution in [0.25, 0.3) is 11.1 Å². The van der Waals surface area contributed by atoms with Gasteiger partial charge in [0.2, 0.25) is 0 Å². The van der Waals surface area contributed by atoms with Gasteiger partial charge in [0.1, 0.15) is 0 Å². The summed E-state index contributed by atoms with van der Waals surface area (Å²) in [6, 6.07) is 24.8. The summed E-state index contributed by atoms with van der Waals surface area (Å²) in [4.78, 5) is 25.2. The molecule has 0 spiro atoms. The third kappa shape index (κ3) is 4.50. The number of hydrogen-bond donors (Lipinski definition) is 2. The zero-order valence-corrected chi connectivity index (χ0v) is 17.1. The van der Waals surface area contributed by atoms with Gasteiger partial charge >= 0.3 is 0 Å². The van der Waals surface area contributed by atoms with Crippen molar-refractivity contribution in [1.29, 1.82) is 0 Å². The number of anilines is 1. The van der Waals surface area contributed by atoms with Crippen LogP contribution < -0.4 is 10.6 Å². The van der Waals surface area contributed by atoms with E-state index in [0.717, 1.165) is 16.7 Å². The molecule has 5 nitrogen and oxygen atoms in total. The number of carbonyl (C=O) groups is 2. The molecule has 2 heterocycles. The summed E-state index contributed by atoms with van der Waals surface area (Å²) in [5.41, 5.74) is 3.31. The third-order valence-electron chi connectivity index (χ3n) is 4.68.